The molecule has 4 rings (SSSR count). The predicted molar refractivity (Wildman–Crippen MR) is 90.3 cm³/mol. The zero-order valence-electron chi connectivity index (χ0n) is 12.1. The first-order valence-electron chi connectivity index (χ1n) is 7.29. The number of nitrogens with one attached hydrogen (secondary N) is 1. The third kappa shape index (κ3) is 2.66. The normalized spacial score (nSPS) is 14.3. The summed E-state index contributed by atoms with van der Waals surface area (Å²) in [6.45, 7) is 0.603. The standard InChI is InChI=1S/C16H14N2O3S2/c19-15(18(10-1-2-10)6-9-3-4-22-7-9)12-5-13-14(17-12)11(8-23-13)16(20)21/h3-5,7-8,10,17H,1-2,6H2,(H,20,21). The summed E-state index contributed by atoms with van der Waals surface area (Å²) >= 11 is 2.96. The van der Waals surface area contributed by atoms with Crippen LogP contribution in [-0.4, -0.2) is 32.9 Å². The Morgan fingerprint density at radius 2 is 2.17 bits per heavy atom. The monoisotopic (exact) mass is 346 g/mol. The van der Waals surface area contributed by atoms with Gasteiger partial charge < -0.3 is 15.0 Å². The van der Waals surface area contributed by atoms with Crippen LogP contribution >= 0.6 is 22.7 Å². The molecule has 0 aliphatic heterocycles. The first kappa shape index (κ1) is 14.5. The number of aromatic nitrogens is 1. The summed E-state index contributed by atoms with van der Waals surface area (Å²) in [5.74, 6) is -1.03. The number of carbonyl (C=O) groups excluding carboxylic acids is 1. The highest BCUT2D eigenvalue weighted by Crippen LogP contribution is 2.32. The number of H-pyrrole nitrogens is 1. The zero-order chi connectivity index (χ0) is 16.0. The highest BCUT2D eigenvalue weighted by molar-refractivity contribution is 7.17. The van der Waals surface area contributed by atoms with Gasteiger partial charge in [0.2, 0.25) is 0 Å². The third-order valence-corrected chi connectivity index (χ3v) is 5.66. The number of hydrogen-bond donors (Lipinski definition) is 2. The molecule has 0 spiro atoms. The molecule has 3 aromatic heterocycles. The van der Waals surface area contributed by atoms with E-state index in [0.717, 1.165) is 23.1 Å². The highest BCUT2D eigenvalue weighted by Gasteiger charge is 2.34. The Hall–Kier alpha value is -2.12. The molecule has 0 radical (unpaired) electrons. The molecular weight excluding hydrogens is 332 g/mol. The zero-order valence-corrected chi connectivity index (χ0v) is 13.7. The van der Waals surface area contributed by atoms with Gasteiger partial charge in [-0.15, -0.1) is 11.3 Å². The third-order valence-electron chi connectivity index (χ3n) is 4.00. The van der Waals surface area contributed by atoms with Crippen LogP contribution in [0.3, 0.4) is 0 Å². The van der Waals surface area contributed by atoms with E-state index >= 15 is 0 Å². The fraction of sp³-hybridized carbons (Fsp3) is 0.250. The number of carbonyl (C=O) groups is 2. The van der Waals surface area contributed by atoms with E-state index in [1.807, 2.05) is 16.3 Å². The molecule has 0 unspecified atom stereocenters. The van der Waals surface area contributed by atoms with Gasteiger partial charge in [0.25, 0.3) is 5.91 Å². The lowest BCUT2D eigenvalue weighted by Crippen LogP contribution is -2.32. The minimum atomic E-state index is -0.977. The Balaban J connectivity index is 1.65. The predicted octanol–water partition coefficient (Wildman–Crippen LogP) is 3.79. The summed E-state index contributed by atoms with van der Waals surface area (Å²) in [7, 11) is 0. The number of thiophene rings is 2. The maximum Gasteiger partial charge on any atom is 0.338 e. The number of nitrogens with zero attached hydrogens (tertiary/aromatic N) is 1. The van der Waals surface area contributed by atoms with Gasteiger partial charge in [0.05, 0.1) is 15.8 Å². The van der Waals surface area contributed by atoms with Crippen LogP contribution in [-0.2, 0) is 6.54 Å². The Bertz CT molecular complexity index is 875. The molecule has 0 aromatic carbocycles. The van der Waals surface area contributed by atoms with Crippen molar-refractivity contribution >= 4 is 44.8 Å². The summed E-state index contributed by atoms with van der Waals surface area (Å²) in [6, 6.07) is 4.09. The summed E-state index contributed by atoms with van der Waals surface area (Å²) in [5, 5.41) is 14.9. The van der Waals surface area contributed by atoms with Crippen molar-refractivity contribution in [3.8, 4) is 0 Å². The fourth-order valence-electron chi connectivity index (χ4n) is 2.67. The van der Waals surface area contributed by atoms with E-state index in [1.54, 1.807) is 22.8 Å². The summed E-state index contributed by atoms with van der Waals surface area (Å²) < 4.78 is 0.803. The van der Waals surface area contributed by atoms with Crippen molar-refractivity contribution in [1.29, 1.82) is 0 Å². The van der Waals surface area contributed by atoms with E-state index in [1.165, 1.54) is 11.3 Å². The van der Waals surface area contributed by atoms with Gasteiger partial charge in [0.15, 0.2) is 0 Å². The molecule has 1 amide bonds. The summed E-state index contributed by atoms with van der Waals surface area (Å²) in [6.07, 6.45) is 2.07. The van der Waals surface area contributed by atoms with Crippen LogP contribution in [0.15, 0.2) is 28.3 Å². The van der Waals surface area contributed by atoms with Crippen LogP contribution in [0.25, 0.3) is 10.2 Å². The van der Waals surface area contributed by atoms with Crippen LogP contribution in [0.1, 0.15) is 39.3 Å². The van der Waals surface area contributed by atoms with Crippen molar-refractivity contribution in [1.82, 2.24) is 9.88 Å². The number of aromatic carboxylic acids is 1. The minimum absolute atomic E-state index is 0.0570. The molecule has 2 N–H and O–H groups in total. The second kappa shape index (κ2) is 5.50. The molecule has 1 fully saturated rings. The van der Waals surface area contributed by atoms with Crippen molar-refractivity contribution in [2.24, 2.45) is 0 Å². The van der Waals surface area contributed by atoms with Crippen LogP contribution in [0.2, 0.25) is 0 Å². The number of hydrogen-bond acceptors (Lipinski definition) is 4. The van der Waals surface area contributed by atoms with Crippen LogP contribution in [0.5, 0.6) is 0 Å². The van der Waals surface area contributed by atoms with Gasteiger partial charge in [-0.3, -0.25) is 4.79 Å². The molecule has 1 aliphatic rings. The molecule has 3 aromatic rings. The molecule has 0 atom stereocenters. The molecule has 118 valence electrons. The molecule has 0 bridgehead atoms. The van der Waals surface area contributed by atoms with Gasteiger partial charge in [-0.1, -0.05) is 0 Å². The van der Waals surface area contributed by atoms with E-state index in [0.29, 0.717) is 23.8 Å². The van der Waals surface area contributed by atoms with Crippen molar-refractivity contribution in [3.63, 3.8) is 0 Å². The largest absolute Gasteiger partial charge is 0.478 e. The van der Waals surface area contributed by atoms with Crippen molar-refractivity contribution in [2.45, 2.75) is 25.4 Å². The first-order valence-corrected chi connectivity index (χ1v) is 9.11. The molecule has 1 saturated carbocycles. The second-order valence-corrected chi connectivity index (χ2v) is 7.36. The Morgan fingerprint density at radius 3 is 2.83 bits per heavy atom. The molecule has 3 heterocycles. The molecule has 23 heavy (non-hydrogen) atoms. The highest BCUT2D eigenvalue weighted by atomic mass is 32.1. The van der Waals surface area contributed by atoms with E-state index in [2.05, 4.69) is 10.4 Å². The summed E-state index contributed by atoms with van der Waals surface area (Å²) in [5.41, 5.74) is 2.36. The molecule has 5 nitrogen and oxygen atoms in total. The summed E-state index contributed by atoms with van der Waals surface area (Å²) in [4.78, 5) is 29.0. The number of carboxylic acid groups (broad SMARTS) is 1. The number of fused-ring (bicyclic) bond motifs is 1. The van der Waals surface area contributed by atoms with Gasteiger partial charge >= 0.3 is 5.97 Å². The fourth-order valence-corrected chi connectivity index (χ4v) is 4.26. The molecule has 0 saturated heterocycles. The van der Waals surface area contributed by atoms with Gasteiger partial charge in [-0.05, 0) is 41.3 Å². The number of carboxylic acids is 1. The van der Waals surface area contributed by atoms with Crippen LogP contribution in [0, 0.1) is 0 Å². The van der Waals surface area contributed by atoms with Crippen molar-refractivity contribution in [3.05, 3.63) is 45.1 Å². The minimum Gasteiger partial charge on any atom is -0.478 e. The molecular formula is C16H14N2O3S2. The van der Waals surface area contributed by atoms with Gasteiger partial charge in [0.1, 0.15) is 5.69 Å². The Kier molecular flexibility index (Phi) is 3.46. The van der Waals surface area contributed by atoms with Gasteiger partial charge in [0, 0.05) is 18.0 Å². The van der Waals surface area contributed by atoms with Gasteiger partial charge in [-0.25, -0.2) is 4.79 Å². The smallest absolute Gasteiger partial charge is 0.338 e. The lowest BCUT2D eigenvalue weighted by atomic mass is 10.2. The van der Waals surface area contributed by atoms with E-state index in [4.69, 9.17) is 0 Å². The quantitative estimate of drug-likeness (QED) is 0.738. The van der Waals surface area contributed by atoms with Crippen LogP contribution in [0.4, 0.5) is 0 Å². The van der Waals surface area contributed by atoms with E-state index < -0.39 is 5.97 Å². The SMILES string of the molecule is O=C(O)c1csc2cc(C(=O)N(Cc3ccsc3)C3CC3)[nH]c12. The van der Waals surface area contributed by atoms with Crippen molar-refractivity contribution in [2.75, 3.05) is 0 Å². The average molecular weight is 346 g/mol. The Labute approximate surface area is 140 Å². The second-order valence-electron chi connectivity index (χ2n) is 5.67. The topological polar surface area (TPSA) is 73.4 Å². The maximum absolute atomic E-state index is 12.9. The molecule has 1 aliphatic carbocycles. The van der Waals surface area contributed by atoms with Crippen LogP contribution < -0.4 is 0 Å². The van der Waals surface area contributed by atoms with E-state index in [9.17, 15) is 14.7 Å². The van der Waals surface area contributed by atoms with E-state index in [-0.39, 0.29) is 11.5 Å². The first-order chi connectivity index (χ1) is 11.1. The average Bonchev–Trinajstić information content (AvgIpc) is 2.94. The van der Waals surface area contributed by atoms with Crippen molar-refractivity contribution < 1.29 is 14.7 Å². The molecule has 7 heteroatoms. The lowest BCUT2D eigenvalue weighted by Gasteiger charge is -2.21. The number of amides is 1. The Morgan fingerprint density at radius 1 is 1.35 bits per heavy atom. The number of rotatable bonds is 5. The van der Waals surface area contributed by atoms with Gasteiger partial charge in [-0.2, -0.15) is 11.3 Å². The lowest BCUT2D eigenvalue weighted by molar-refractivity contribution is 0.0695. The maximum atomic E-state index is 12.9. The number of aromatic amines is 1.